The summed E-state index contributed by atoms with van der Waals surface area (Å²) >= 11 is 0. The van der Waals surface area contributed by atoms with Crippen molar-refractivity contribution in [3.8, 4) is 0 Å². The Kier molecular flexibility index (Phi) is 4.42. The Labute approximate surface area is 125 Å². The number of aromatic nitrogens is 1. The van der Waals surface area contributed by atoms with Crippen molar-refractivity contribution in [1.29, 1.82) is 0 Å². The minimum Gasteiger partial charge on any atom is -0.349 e. The van der Waals surface area contributed by atoms with Crippen LogP contribution in [0.25, 0.3) is 0 Å². The number of hydrogen-bond acceptors (Lipinski definition) is 2. The van der Waals surface area contributed by atoms with Crippen LogP contribution in [0.3, 0.4) is 0 Å². The molecule has 1 aromatic heterocycles. The monoisotopic (exact) mass is 288 g/mol. The minimum atomic E-state index is -0.195. The van der Waals surface area contributed by atoms with E-state index in [0.29, 0.717) is 5.56 Å². The van der Waals surface area contributed by atoms with Crippen LogP contribution in [-0.2, 0) is 0 Å². The maximum Gasteiger partial charge on any atom is 0.263 e. The van der Waals surface area contributed by atoms with Gasteiger partial charge in [0.15, 0.2) is 0 Å². The summed E-state index contributed by atoms with van der Waals surface area (Å²) in [6.45, 7) is 0. The highest BCUT2D eigenvalue weighted by Gasteiger charge is 2.22. The maximum absolute atomic E-state index is 12.5. The molecule has 2 saturated carbocycles. The zero-order valence-electron chi connectivity index (χ0n) is 12.5. The number of rotatable bonds is 3. The topological polar surface area (TPSA) is 51.1 Å². The second-order valence-corrected chi connectivity index (χ2v) is 6.38. The molecule has 3 rings (SSSR count). The molecule has 0 aromatic carbocycles. The molecule has 0 saturated heterocycles. The van der Waals surface area contributed by atoms with Gasteiger partial charge in [-0.05, 0) is 37.8 Å². The predicted molar refractivity (Wildman–Crippen MR) is 82.5 cm³/mol. The first-order valence-electron chi connectivity index (χ1n) is 8.28. The molecule has 2 aliphatic carbocycles. The fourth-order valence-electron chi connectivity index (χ4n) is 3.66. The van der Waals surface area contributed by atoms with Crippen molar-refractivity contribution in [3.63, 3.8) is 0 Å². The number of amides is 1. The van der Waals surface area contributed by atoms with Gasteiger partial charge in [-0.2, -0.15) is 0 Å². The number of hydrogen-bond donors (Lipinski definition) is 1. The van der Waals surface area contributed by atoms with E-state index in [1.54, 1.807) is 10.6 Å². The van der Waals surface area contributed by atoms with Crippen molar-refractivity contribution < 1.29 is 4.79 Å². The van der Waals surface area contributed by atoms with Crippen LogP contribution in [0, 0.1) is 0 Å². The van der Waals surface area contributed by atoms with Crippen LogP contribution in [0.1, 0.15) is 74.2 Å². The first kappa shape index (κ1) is 14.4. The van der Waals surface area contributed by atoms with Gasteiger partial charge in [0.2, 0.25) is 0 Å². The molecule has 0 bridgehead atoms. The molecule has 1 heterocycles. The summed E-state index contributed by atoms with van der Waals surface area (Å²) in [6, 6.07) is 4.01. The lowest BCUT2D eigenvalue weighted by Crippen LogP contribution is -2.40. The van der Waals surface area contributed by atoms with Gasteiger partial charge < -0.3 is 9.88 Å². The van der Waals surface area contributed by atoms with Crippen molar-refractivity contribution in [2.75, 3.05) is 0 Å². The van der Waals surface area contributed by atoms with E-state index >= 15 is 0 Å². The summed E-state index contributed by atoms with van der Waals surface area (Å²) in [5, 5.41) is 3.04. The fourth-order valence-corrected chi connectivity index (χ4v) is 3.66. The molecule has 2 fully saturated rings. The number of nitrogens with zero attached hydrogens (tertiary/aromatic N) is 1. The van der Waals surface area contributed by atoms with Gasteiger partial charge in [-0.3, -0.25) is 9.59 Å². The van der Waals surface area contributed by atoms with Gasteiger partial charge in [0.1, 0.15) is 5.56 Å². The zero-order chi connectivity index (χ0) is 14.7. The molecule has 1 aromatic rings. The molecule has 0 spiro atoms. The molecular formula is C17H24N2O2. The molecular weight excluding hydrogens is 264 g/mol. The first-order valence-corrected chi connectivity index (χ1v) is 8.28. The third-order valence-electron chi connectivity index (χ3n) is 4.88. The Morgan fingerprint density at radius 1 is 1.05 bits per heavy atom. The van der Waals surface area contributed by atoms with Gasteiger partial charge in [-0.1, -0.05) is 32.1 Å². The molecule has 4 nitrogen and oxygen atoms in total. The van der Waals surface area contributed by atoms with Gasteiger partial charge in [0.05, 0.1) is 0 Å². The highest BCUT2D eigenvalue weighted by Crippen LogP contribution is 2.28. The number of nitrogens with one attached hydrogen (secondary N) is 1. The Morgan fingerprint density at radius 2 is 1.71 bits per heavy atom. The largest absolute Gasteiger partial charge is 0.349 e. The van der Waals surface area contributed by atoms with Crippen LogP contribution >= 0.6 is 0 Å². The standard InChI is InChI=1S/C17H24N2O2/c20-16(18-13-7-2-1-3-8-13)15-11-6-12-19(17(15)21)14-9-4-5-10-14/h6,11-14H,1-5,7-10H2,(H,18,20). The van der Waals surface area contributed by atoms with Gasteiger partial charge in [0.25, 0.3) is 11.5 Å². The van der Waals surface area contributed by atoms with Crippen LogP contribution in [0.4, 0.5) is 0 Å². The first-order chi connectivity index (χ1) is 10.3. The smallest absolute Gasteiger partial charge is 0.263 e. The molecule has 0 atom stereocenters. The average Bonchev–Trinajstić information content (AvgIpc) is 3.02. The molecule has 0 unspecified atom stereocenters. The van der Waals surface area contributed by atoms with Gasteiger partial charge in [-0.25, -0.2) is 0 Å². The fraction of sp³-hybridized carbons (Fsp3) is 0.647. The van der Waals surface area contributed by atoms with Gasteiger partial charge in [-0.15, -0.1) is 0 Å². The normalized spacial score (nSPS) is 20.6. The molecule has 0 aliphatic heterocycles. The van der Waals surface area contributed by atoms with E-state index in [9.17, 15) is 9.59 Å². The molecule has 1 N–H and O–H groups in total. The Bertz CT molecular complexity index is 552. The van der Waals surface area contributed by atoms with E-state index in [-0.39, 0.29) is 23.6 Å². The van der Waals surface area contributed by atoms with Crippen LogP contribution < -0.4 is 10.9 Å². The zero-order valence-corrected chi connectivity index (χ0v) is 12.5. The minimum absolute atomic E-state index is 0.127. The second-order valence-electron chi connectivity index (χ2n) is 6.38. The lowest BCUT2D eigenvalue weighted by molar-refractivity contribution is 0.0925. The second kappa shape index (κ2) is 6.46. The van der Waals surface area contributed by atoms with Crippen molar-refractivity contribution in [1.82, 2.24) is 9.88 Å². The predicted octanol–water partition coefficient (Wildman–Crippen LogP) is 3.03. The summed E-state index contributed by atoms with van der Waals surface area (Å²) in [6.07, 6.45) is 12.0. The summed E-state index contributed by atoms with van der Waals surface area (Å²) < 4.78 is 1.77. The molecule has 4 heteroatoms. The molecule has 2 aliphatic rings. The summed E-state index contributed by atoms with van der Waals surface area (Å²) in [5.41, 5.74) is 0.174. The Hall–Kier alpha value is -1.58. The highest BCUT2D eigenvalue weighted by molar-refractivity contribution is 5.94. The van der Waals surface area contributed by atoms with E-state index in [0.717, 1.165) is 25.7 Å². The summed E-state index contributed by atoms with van der Waals surface area (Å²) in [7, 11) is 0. The van der Waals surface area contributed by atoms with Gasteiger partial charge in [0, 0.05) is 18.3 Å². The highest BCUT2D eigenvalue weighted by atomic mass is 16.2. The Morgan fingerprint density at radius 3 is 2.43 bits per heavy atom. The van der Waals surface area contributed by atoms with Crippen molar-refractivity contribution in [2.45, 2.75) is 69.9 Å². The van der Waals surface area contributed by atoms with Crippen molar-refractivity contribution >= 4 is 5.91 Å². The van der Waals surface area contributed by atoms with Gasteiger partial charge >= 0.3 is 0 Å². The van der Waals surface area contributed by atoms with E-state index < -0.39 is 0 Å². The number of carbonyl (C=O) groups excluding carboxylic acids is 1. The van der Waals surface area contributed by atoms with E-state index in [2.05, 4.69) is 5.32 Å². The van der Waals surface area contributed by atoms with E-state index in [4.69, 9.17) is 0 Å². The van der Waals surface area contributed by atoms with Crippen LogP contribution in [0.5, 0.6) is 0 Å². The third-order valence-corrected chi connectivity index (χ3v) is 4.88. The van der Waals surface area contributed by atoms with E-state index in [1.807, 2.05) is 12.3 Å². The SMILES string of the molecule is O=C(NC1CCCCC1)c1cccn(C2CCCC2)c1=O. The maximum atomic E-state index is 12.5. The van der Waals surface area contributed by atoms with Crippen LogP contribution in [0.15, 0.2) is 23.1 Å². The van der Waals surface area contributed by atoms with Crippen LogP contribution in [0.2, 0.25) is 0 Å². The number of carbonyl (C=O) groups is 1. The van der Waals surface area contributed by atoms with Crippen LogP contribution in [-0.4, -0.2) is 16.5 Å². The lowest BCUT2D eigenvalue weighted by atomic mass is 9.95. The lowest BCUT2D eigenvalue weighted by Gasteiger charge is -2.23. The number of pyridine rings is 1. The quantitative estimate of drug-likeness (QED) is 0.929. The molecule has 0 radical (unpaired) electrons. The van der Waals surface area contributed by atoms with Crippen molar-refractivity contribution in [3.05, 3.63) is 34.2 Å². The van der Waals surface area contributed by atoms with Crippen molar-refractivity contribution in [2.24, 2.45) is 0 Å². The Balaban J connectivity index is 1.76. The third kappa shape index (κ3) is 3.20. The molecule has 114 valence electrons. The molecule has 1 amide bonds. The average molecular weight is 288 g/mol. The molecule has 21 heavy (non-hydrogen) atoms. The van der Waals surface area contributed by atoms with E-state index in [1.165, 1.54) is 32.1 Å². The summed E-state index contributed by atoms with van der Waals surface area (Å²) in [4.78, 5) is 24.9. The summed E-state index contributed by atoms with van der Waals surface area (Å²) in [5.74, 6) is -0.195.